The van der Waals surface area contributed by atoms with Crippen molar-refractivity contribution >= 4 is 5.91 Å². The molecule has 0 bridgehead atoms. The van der Waals surface area contributed by atoms with E-state index >= 15 is 0 Å². The zero-order valence-corrected chi connectivity index (χ0v) is 14.6. The Morgan fingerprint density at radius 2 is 1.96 bits per heavy atom. The van der Waals surface area contributed by atoms with Gasteiger partial charge in [0.15, 0.2) is 0 Å². The number of aliphatic hydroxyl groups is 1. The first kappa shape index (κ1) is 19.0. The van der Waals surface area contributed by atoms with Crippen molar-refractivity contribution in [2.45, 2.75) is 31.7 Å². The molecule has 0 aromatic heterocycles. The van der Waals surface area contributed by atoms with E-state index in [1.54, 1.807) is 4.90 Å². The third-order valence-electron chi connectivity index (χ3n) is 5.63. The molecule has 144 valence electrons. The van der Waals surface area contributed by atoms with Crippen molar-refractivity contribution in [3.8, 4) is 5.75 Å². The van der Waals surface area contributed by atoms with E-state index in [-0.39, 0.29) is 29.7 Å². The van der Waals surface area contributed by atoms with Gasteiger partial charge in [0.1, 0.15) is 5.75 Å². The van der Waals surface area contributed by atoms with E-state index in [4.69, 9.17) is 0 Å². The van der Waals surface area contributed by atoms with Crippen LogP contribution in [0.4, 0.5) is 13.2 Å². The molecule has 2 aliphatic heterocycles. The molecule has 1 N–H and O–H groups in total. The highest BCUT2D eigenvalue weighted by atomic mass is 19.4. The van der Waals surface area contributed by atoms with Gasteiger partial charge < -0.3 is 19.6 Å². The van der Waals surface area contributed by atoms with Gasteiger partial charge in [0, 0.05) is 30.1 Å². The van der Waals surface area contributed by atoms with Crippen molar-refractivity contribution in [3.05, 3.63) is 29.8 Å². The van der Waals surface area contributed by atoms with Gasteiger partial charge in [-0.3, -0.25) is 4.79 Å². The Labute approximate surface area is 150 Å². The van der Waals surface area contributed by atoms with Gasteiger partial charge >= 0.3 is 6.36 Å². The summed E-state index contributed by atoms with van der Waals surface area (Å²) in [5, 5.41) is 9.92. The highest BCUT2D eigenvalue weighted by Gasteiger charge is 2.47. The van der Waals surface area contributed by atoms with Gasteiger partial charge in [-0.25, -0.2) is 0 Å². The number of likely N-dealkylation sites (tertiary alicyclic amines) is 2. The molecular formula is C18H23F3N2O3. The molecule has 1 aromatic rings. The van der Waals surface area contributed by atoms with Gasteiger partial charge in [0.25, 0.3) is 5.91 Å². The van der Waals surface area contributed by atoms with E-state index in [2.05, 4.69) is 9.64 Å². The normalized spacial score (nSPS) is 27.1. The van der Waals surface area contributed by atoms with E-state index in [0.29, 0.717) is 18.7 Å². The van der Waals surface area contributed by atoms with Crippen LogP contribution in [0.3, 0.4) is 0 Å². The van der Waals surface area contributed by atoms with Crippen molar-refractivity contribution in [3.63, 3.8) is 0 Å². The quantitative estimate of drug-likeness (QED) is 0.886. The molecule has 1 aromatic carbocycles. The van der Waals surface area contributed by atoms with Gasteiger partial charge in [0.05, 0.1) is 6.61 Å². The monoisotopic (exact) mass is 372 g/mol. The number of piperidine rings is 2. The lowest BCUT2D eigenvalue weighted by Gasteiger charge is -2.53. The number of amides is 1. The second kappa shape index (κ2) is 7.08. The van der Waals surface area contributed by atoms with Crippen molar-refractivity contribution in [1.29, 1.82) is 0 Å². The summed E-state index contributed by atoms with van der Waals surface area (Å²) in [6.45, 7) is 2.08. The van der Waals surface area contributed by atoms with Gasteiger partial charge in [-0.1, -0.05) is 0 Å². The fourth-order valence-corrected chi connectivity index (χ4v) is 4.18. The minimum Gasteiger partial charge on any atom is -0.406 e. The maximum atomic E-state index is 12.8. The first-order valence-electron chi connectivity index (χ1n) is 8.70. The number of carbonyl (C=O) groups is 1. The number of fused-ring (bicyclic) bond motifs is 1. The number of hydrogen-bond acceptors (Lipinski definition) is 4. The zero-order valence-electron chi connectivity index (χ0n) is 14.6. The van der Waals surface area contributed by atoms with Gasteiger partial charge in [-0.15, -0.1) is 13.2 Å². The van der Waals surface area contributed by atoms with E-state index in [0.717, 1.165) is 37.9 Å². The summed E-state index contributed by atoms with van der Waals surface area (Å²) in [5.74, 6) is -0.562. The second-order valence-corrected chi connectivity index (χ2v) is 7.19. The summed E-state index contributed by atoms with van der Waals surface area (Å²) in [5.41, 5.74) is 0.156. The highest BCUT2D eigenvalue weighted by Crippen LogP contribution is 2.41. The summed E-state index contributed by atoms with van der Waals surface area (Å²) < 4.78 is 40.5. The minimum absolute atomic E-state index is 0.0896. The molecule has 26 heavy (non-hydrogen) atoms. The largest absolute Gasteiger partial charge is 0.573 e. The Bertz CT molecular complexity index is 650. The van der Waals surface area contributed by atoms with Crippen LogP contribution >= 0.6 is 0 Å². The highest BCUT2D eigenvalue weighted by molar-refractivity contribution is 5.94. The maximum Gasteiger partial charge on any atom is 0.573 e. The van der Waals surface area contributed by atoms with E-state index < -0.39 is 6.36 Å². The number of likely N-dealkylation sites (N-methyl/N-ethyl adjacent to an activating group) is 1. The number of halogens is 3. The molecule has 2 aliphatic rings. The maximum absolute atomic E-state index is 12.8. The predicted octanol–water partition coefficient (Wildman–Crippen LogP) is 2.50. The third-order valence-corrected chi connectivity index (χ3v) is 5.63. The molecule has 1 amide bonds. The Kier molecular flexibility index (Phi) is 5.16. The van der Waals surface area contributed by atoms with Crippen LogP contribution in [0.1, 0.15) is 29.6 Å². The first-order chi connectivity index (χ1) is 12.2. The van der Waals surface area contributed by atoms with Crippen LogP contribution in [0.25, 0.3) is 0 Å². The fraction of sp³-hybridized carbons (Fsp3) is 0.611. The summed E-state index contributed by atoms with van der Waals surface area (Å²) in [4.78, 5) is 16.7. The lowest BCUT2D eigenvalue weighted by Crippen LogP contribution is -2.62. The van der Waals surface area contributed by atoms with E-state index in [1.807, 2.05) is 7.05 Å². The molecule has 0 unspecified atom stereocenters. The minimum atomic E-state index is -4.75. The van der Waals surface area contributed by atoms with Crippen LogP contribution in [-0.2, 0) is 0 Å². The number of hydrogen-bond donors (Lipinski definition) is 1. The van der Waals surface area contributed by atoms with Crippen LogP contribution in [-0.4, -0.2) is 66.5 Å². The number of rotatable bonds is 3. The smallest absolute Gasteiger partial charge is 0.406 e. The van der Waals surface area contributed by atoms with Gasteiger partial charge in [-0.2, -0.15) is 0 Å². The summed E-state index contributed by atoms with van der Waals surface area (Å²) in [7, 11) is 2.01. The lowest BCUT2D eigenvalue weighted by atomic mass is 9.69. The molecule has 0 radical (unpaired) electrons. The SMILES string of the molecule is CN1CCC[C@]2(CO)CCN(C(=O)c3ccc(OC(F)(F)F)cc3)C[C@@H]12. The van der Waals surface area contributed by atoms with E-state index in [1.165, 1.54) is 12.1 Å². The molecule has 2 saturated heterocycles. The number of nitrogens with zero attached hydrogens (tertiary/aromatic N) is 2. The van der Waals surface area contributed by atoms with Crippen LogP contribution in [0.2, 0.25) is 0 Å². The number of benzene rings is 1. The Morgan fingerprint density at radius 3 is 2.58 bits per heavy atom. The van der Waals surface area contributed by atoms with Crippen molar-refractivity contribution < 1.29 is 27.8 Å². The standard InChI is InChI=1S/C18H23F3N2O3/c1-22-9-2-7-17(12-24)8-10-23(11-15(17)22)16(25)13-3-5-14(6-4-13)26-18(19,20)21/h3-6,15,24H,2,7-12H2,1H3/t15-,17-/m1/s1. The van der Waals surface area contributed by atoms with Gasteiger partial charge in [-0.05, 0) is 57.1 Å². The first-order valence-corrected chi connectivity index (χ1v) is 8.70. The van der Waals surface area contributed by atoms with Crippen LogP contribution < -0.4 is 4.74 Å². The Balaban J connectivity index is 1.71. The predicted molar refractivity (Wildman–Crippen MR) is 88.8 cm³/mol. The fourth-order valence-electron chi connectivity index (χ4n) is 4.18. The topological polar surface area (TPSA) is 53.0 Å². The van der Waals surface area contributed by atoms with Crippen LogP contribution in [0.5, 0.6) is 5.75 Å². The molecule has 8 heteroatoms. The number of ether oxygens (including phenoxy) is 1. The molecule has 3 rings (SSSR count). The number of aliphatic hydroxyl groups excluding tert-OH is 1. The van der Waals surface area contributed by atoms with Crippen LogP contribution in [0, 0.1) is 5.41 Å². The second-order valence-electron chi connectivity index (χ2n) is 7.19. The van der Waals surface area contributed by atoms with Gasteiger partial charge in [0.2, 0.25) is 0 Å². The van der Waals surface area contributed by atoms with Crippen molar-refractivity contribution in [2.75, 3.05) is 33.3 Å². The molecule has 0 saturated carbocycles. The average Bonchev–Trinajstić information content (AvgIpc) is 2.60. The van der Waals surface area contributed by atoms with E-state index in [9.17, 15) is 23.1 Å². The third kappa shape index (κ3) is 3.81. The molecule has 0 aliphatic carbocycles. The Morgan fingerprint density at radius 1 is 1.27 bits per heavy atom. The number of carbonyl (C=O) groups excluding carboxylic acids is 1. The number of alkyl halides is 3. The average molecular weight is 372 g/mol. The van der Waals surface area contributed by atoms with Crippen LogP contribution in [0.15, 0.2) is 24.3 Å². The summed E-state index contributed by atoms with van der Waals surface area (Å²) >= 11 is 0. The summed E-state index contributed by atoms with van der Waals surface area (Å²) in [6, 6.07) is 5.08. The lowest BCUT2D eigenvalue weighted by molar-refractivity contribution is -0.274. The molecule has 2 fully saturated rings. The molecule has 5 nitrogen and oxygen atoms in total. The molecular weight excluding hydrogens is 349 g/mol. The molecule has 2 atom stereocenters. The zero-order chi connectivity index (χ0) is 18.9. The summed E-state index contributed by atoms with van der Waals surface area (Å²) in [6.07, 6.45) is -2.05. The molecule has 2 heterocycles. The van der Waals surface area contributed by atoms with Crippen molar-refractivity contribution in [1.82, 2.24) is 9.80 Å². The molecule has 0 spiro atoms. The Hall–Kier alpha value is -1.80. The van der Waals surface area contributed by atoms with Crippen molar-refractivity contribution in [2.24, 2.45) is 5.41 Å².